The van der Waals surface area contributed by atoms with Crippen LogP contribution in [0.2, 0.25) is 5.02 Å². The number of amides is 2. The second-order valence-electron chi connectivity index (χ2n) is 5.08. The van der Waals surface area contributed by atoms with Crippen molar-refractivity contribution in [1.82, 2.24) is 0 Å². The molecule has 0 aliphatic rings. The van der Waals surface area contributed by atoms with Crippen LogP contribution in [0.15, 0.2) is 36.4 Å². The van der Waals surface area contributed by atoms with Gasteiger partial charge in [-0.05, 0) is 36.4 Å². The van der Waals surface area contributed by atoms with Crippen LogP contribution in [0.4, 0.5) is 21.5 Å². The van der Waals surface area contributed by atoms with Crippen LogP contribution in [0.1, 0.15) is 12.5 Å². The number of nitrogens with zero attached hydrogens (tertiary/aromatic N) is 1. The molecule has 25 heavy (non-hydrogen) atoms. The summed E-state index contributed by atoms with van der Waals surface area (Å²) < 4.78 is 13.6. The van der Waals surface area contributed by atoms with Crippen molar-refractivity contribution in [2.75, 3.05) is 22.5 Å². The maximum Gasteiger partial charge on any atom is 0.243 e. The van der Waals surface area contributed by atoms with Gasteiger partial charge in [0, 0.05) is 17.6 Å². The van der Waals surface area contributed by atoms with Gasteiger partial charge < -0.3 is 16.0 Å². The average Bonchev–Trinajstić information content (AvgIpc) is 2.55. The molecule has 0 saturated heterocycles. The van der Waals surface area contributed by atoms with Gasteiger partial charge in [0.15, 0.2) is 0 Å². The summed E-state index contributed by atoms with van der Waals surface area (Å²) in [5.41, 5.74) is 1.05. The highest BCUT2D eigenvalue weighted by Crippen LogP contribution is 2.21. The number of benzene rings is 2. The van der Waals surface area contributed by atoms with Crippen LogP contribution in [0, 0.1) is 17.1 Å². The second-order valence-corrected chi connectivity index (χ2v) is 5.52. The molecule has 0 spiro atoms. The first-order valence-corrected chi connectivity index (χ1v) is 7.57. The van der Waals surface area contributed by atoms with E-state index in [1.165, 1.54) is 37.3 Å². The topological polar surface area (TPSA) is 94.0 Å². The first kappa shape index (κ1) is 18.2. The van der Waals surface area contributed by atoms with Crippen molar-refractivity contribution >= 4 is 40.5 Å². The number of carbonyl (C=O) groups is 2. The lowest BCUT2D eigenvalue weighted by molar-refractivity contribution is -0.115. The standard InChI is InChI=1S/C17H14ClFN4O2/c1-10(24)22-16-7-13(4-5-14(16)19)21-9-17(25)23-15-6-12(18)3-2-11(15)8-20/h2-7,21H,9H2,1H3,(H,22,24)(H,23,25). The molecule has 2 aromatic rings. The van der Waals surface area contributed by atoms with Crippen molar-refractivity contribution in [3.05, 3.63) is 52.8 Å². The molecule has 2 aromatic carbocycles. The lowest BCUT2D eigenvalue weighted by Crippen LogP contribution is -2.22. The molecule has 6 nitrogen and oxygen atoms in total. The normalized spacial score (nSPS) is 9.84. The van der Waals surface area contributed by atoms with E-state index in [0.29, 0.717) is 16.4 Å². The van der Waals surface area contributed by atoms with Crippen molar-refractivity contribution in [3.63, 3.8) is 0 Å². The van der Waals surface area contributed by atoms with Gasteiger partial charge in [-0.3, -0.25) is 9.59 Å². The van der Waals surface area contributed by atoms with Crippen LogP contribution < -0.4 is 16.0 Å². The van der Waals surface area contributed by atoms with Crippen molar-refractivity contribution in [2.45, 2.75) is 6.92 Å². The largest absolute Gasteiger partial charge is 0.376 e. The van der Waals surface area contributed by atoms with E-state index in [1.807, 2.05) is 6.07 Å². The van der Waals surface area contributed by atoms with E-state index in [2.05, 4.69) is 16.0 Å². The monoisotopic (exact) mass is 360 g/mol. The van der Waals surface area contributed by atoms with Gasteiger partial charge in [-0.2, -0.15) is 5.26 Å². The molecule has 3 N–H and O–H groups in total. The quantitative estimate of drug-likeness (QED) is 0.762. The molecule has 8 heteroatoms. The first-order chi connectivity index (χ1) is 11.9. The predicted molar refractivity (Wildman–Crippen MR) is 94.0 cm³/mol. The third-order valence-corrected chi connectivity index (χ3v) is 3.34. The summed E-state index contributed by atoms with van der Waals surface area (Å²) in [6.45, 7) is 1.15. The van der Waals surface area contributed by atoms with Crippen LogP contribution in [0.5, 0.6) is 0 Å². The Kier molecular flexibility index (Phi) is 5.93. The molecule has 2 rings (SSSR count). The number of rotatable bonds is 5. The lowest BCUT2D eigenvalue weighted by atomic mass is 10.2. The predicted octanol–water partition coefficient (Wildman–Crippen LogP) is 3.36. The summed E-state index contributed by atoms with van der Waals surface area (Å²) >= 11 is 5.86. The van der Waals surface area contributed by atoms with Crippen molar-refractivity contribution in [2.24, 2.45) is 0 Å². The zero-order valence-electron chi connectivity index (χ0n) is 13.2. The van der Waals surface area contributed by atoms with Gasteiger partial charge in [-0.25, -0.2) is 4.39 Å². The zero-order valence-corrected chi connectivity index (χ0v) is 13.9. The van der Waals surface area contributed by atoms with E-state index in [4.69, 9.17) is 16.9 Å². The molecule has 0 unspecified atom stereocenters. The Morgan fingerprint density at radius 1 is 1.16 bits per heavy atom. The molecule has 0 heterocycles. The number of hydrogen-bond acceptors (Lipinski definition) is 4. The molecule has 0 aliphatic heterocycles. The van der Waals surface area contributed by atoms with E-state index < -0.39 is 17.6 Å². The van der Waals surface area contributed by atoms with Gasteiger partial charge in [0.05, 0.1) is 23.5 Å². The summed E-state index contributed by atoms with van der Waals surface area (Å²) in [7, 11) is 0. The van der Waals surface area contributed by atoms with Crippen LogP contribution in [0.3, 0.4) is 0 Å². The molecule has 0 bridgehead atoms. The Morgan fingerprint density at radius 2 is 1.92 bits per heavy atom. The fourth-order valence-corrected chi connectivity index (χ4v) is 2.19. The van der Waals surface area contributed by atoms with Crippen molar-refractivity contribution in [1.29, 1.82) is 5.26 Å². The van der Waals surface area contributed by atoms with Gasteiger partial charge in [0.1, 0.15) is 11.9 Å². The Morgan fingerprint density at radius 3 is 2.60 bits per heavy atom. The fraction of sp³-hybridized carbons (Fsp3) is 0.118. The average molecular weight is 361 g/mol. The first-order valence-electron chi connectivity index (χ1n) is 7.19. The number of anilines is 3. The van der Waals surface area contributed by atoms with Crippen molar-refractivity contribution in [3.8, 4) is 6.07 Å². The van der Waals surface area contributed by atoms with Crippen LogP contribution in [-0.4, -0.2) is 18.4 Å². The van der Waals surface area contributed by atoms with Crippen LogP contribution in [0.25, 0.3) is 0 Å². The smallest absolute Gasteiger partial charge is 0.243 e. The maximum absolute atomic E-state index is 13.6. The Hall–Kier alpha value is -3.11. The van der Waals surface area contributed by atoms with Crippen molar-refractivity contribution < 1.29 is 14.0 Å². The molecular weight excluding hydrogens is 347 g/mol. The molecule has 128 valence electrons. The van der Waals surface area contributed by atoms with Gasteiger partial charge in [-0.15, -0.1) is 0 Å². The molecule has 0 aromatic heterocycles. The van der Waals surface area contributed by atoms with Gasteiger partial charge in [0.2, 0.25) is 11.8 Å². The summed E-state index contributed by atoms with van der Waals surface area (Å²) in [5.74, 6) is -1.40. The number of carbonyl (C=O) groups excluding carboxylic acids is 2. The SMILES string of the molecule is CC(=O)Nc1cc(NCC(=O)Nc2cc(Cl)ccc2C#N)ccc1F. The van der Waals surface area contributed by atoms with E-state index in [-0.39, 0.29) is 17.8 Å². The van der Waals surface area contributed by atoms with Crippen LogP contribution in [-0.2, 0) is 9.59 Å². The number of halogens is 2. The number of nitrogens with one attached hydrogen (secondary N) is 3. The lowest BCUT2D eigenvalue weighted by Gasteiger charge is -2.11. The minimum Gasteiger partial charge on any atom is -0.376 e. The minimum absolute atomic E-state index is 0.0134. The second kappa shape index (κ2) is 8.13. The third-order valence-electron chi connectivity index (χ3n) is 3.11. The Labute approximate surface area is 148 Å². The molecule has 0 saturated carbocycles. The number of nitriles is 1. The summed E-state index contributed by atoms with van der Waals surface area (Å²) in [6.07, 6.45) is 0. The highest BCUT2D eigenvalue weighted by molar-refractivity contribution is 6.31. The van der Waals surface area contributed by atoms with E-state index in [0.717, 1.165) is 0 Å². The highest BCUT2D eigenvalue weighted by Gasteiger charge is 2.09. The molecule has 0 aliphatic carbocycles. The van der Waals surface area contributed by atoms with E-state index in [9.17, 15) is 14.0 Å². The summed E-state index contributed by atoms with van der Waals surface area (Å²) in [5, 5.41) is 17.2. The number of hydrogen-bond donors (Lipinski definition) is 3. The molecule has 2 amide bonds. The van der Waals surface area contributed by atoms with Gasteiger partial charge in [-0.1, -0.05) is 11.6 Å². The molecule has 0 atom stereocenters. The zero-order chi connectivity index (χ0) is 18.4. The highest BCUT2D eigenvalue weighted by atomic mass is 35.5. The molecular formula is C17H14ClFN4O2. The van der Waals surface area contributed by atoms with E-state index >= 15 is 0 Å². The maximum atomic E-state index is 13.6. The molecule has 0 fully saturated rings. The van der Waals surface area contributed by atoms with Crippen LogP contribution >= 0.6 is 11.6 Å². The Bertz CT molecular complexity index is 864. The summed E-state index contributed by atoms with van der Waals surface area (Å²) in [6, 6.07) is 10.5. The van der Waals surface area contributed by atoms with Gasteiger partial charge in [0.25, 0.3) is 0 Å². The van der Waals surface area contributed by atoms with Gasteiger partial charge >= 0.3 is 0 Å². The summed E-state index contributed by atoms with van der Waals surface area (Å²) in [4.78, 5) is 23.1. The van der Waals surface area contributed by atoms with E-state index in [1.54, 1.807) is 6.07 Å². The fourth-order valence-electron chi connectivity index (χ4n) is 2.01. The minimum atomic E-state index is -0.581. The third kappa shape index (κ3) is 5.19. The Balaban J connectivity index is 2.02. The molecule has 0 radical (unpaired) electrons.